The van der Waals surface area contributed by atoms with Crippen molar-refractivity contribution in [3.63, 3.8) is 0 Å². The van der Waals surface area contributed by atoms with Crippen molar-refractivity contribution in [1.82, 2.24) is 0 Å². The fraction of sp³-hybridized carbons (Fsp3) is 0.200. The number of anilines is 2. The number of hydrogen-bond acceptors (Lipinski definition) is 4. The van der Waals surface area contributed by atoms with Gasteiger partial charge in [0.05, 0.1) is 18.4 Å². The van der Waals surface area contributed by atoms with Crippen LogP contribution in [0.15, 0.2) is 28.7 Å². The highest BCUT2D eigenvalue weighted by atomic mass is 79.9. The minimum atomic E-state index is -0.383. The first-order valence-corrected chi connectivity index (χ1v) is 8.45. The van der Waals surface area contributed by atoms with Gasteiger partial charge >= 0.3 is 5.97 Å². The number of hydrogen-bond donors (Lipinski definition) is 2. The molecule has 0 saturated carbocycles. The molecule has 4 nitrogen and oxygen atoms in total. The van der Waals surface area contributed by atoms with Gasteiger partial charge < -0.3 is 15.4 Å². The van der Waals surface area contributed by atoms with Gasteiger partial charge in [-0.1, -0.05) is 6.07 Å². The Bertz CT molecular complexity index is 728. The average Bonchev–Trinajstić information content (AvgIpc) is 2.81. The highest BCUT2D eigenvalue weighted by Crippen LogP contribution is 2.29. The Balaban J connectivity index is 2.14. The largest absolute Gasteiger partial charge is 0.465 e. The van der Waals surface area contributed by atoms with Gasteiger partial charge in [0, 0.05) is 9.35 Å². The van der Waals surface area contributed by atoms with Crippen molar-refractivity contribution in [2.45, 2.75) is 13.8 Å². The lowest BCUT2D eigenvalue weighted by atomic mass is 10.2. The molecule has 0 unspecified atom stereocenters. The van der Waals surface area contributed by atoms with Gasteiger partial charge in [-0.2, -0.15) is 0 Å². The number of benzene rings is 1. The van der Waals surface area contributed by atoms with E-state index in [0.29, 0.717) is 15.7 Å². The number of thiocarbonyl (C=S) groups is 1. The summed E-state index contributed by atoms with van der Waals surface area (Å²) < 4.78 is 5.70. The maximum atomic E-state index is 11.8. The summed E-state index contributed by atoms with van der Waals surface area (Å²) in [5, 5.41) is 7.25. The summed E-state index contributed by atoms with van der Waals surface area (Å²) in [5.41, 5.74) is 2.49. The molecule has 0 aliphatic carbocycles. The number of ether oxygens (including phenoxy) is 1. The summed E-state index contributed by atoms with van der Waals surface area (Å²) >= 11 is 10.3. The third-order valence-corrected chi connectivity index (χ3v) is 4.69. The van der Waals surface area contributed by atoms with E-state index in [4.69, 9.17) is 17.0 Å². The smallest absolute Gasteiger partial charge is 0.340 e. The van der Waals surface area contributed by atoms with Crippen LogP contribution in [-0.4, -0.2) is 18.2 Å². The summed E-state index contributed by atoms with van der Waals surface area (Å²) in [4.78, 5) is 12.8. The van der Waals surface area contributed by atoms with Crippen molar-refractivity contribution in [2.75, 3.05) is 17.7 Å². The first-order valence-electron chi connectivity index (χ1n) is 6.43. The lowest BCUT2D eigenvalue weighted by Crippen LogP contribution is -2.20. The monoisotopic (exact) mass is 398 g/mol. The normalized spacial score (nSPS) is 10.2. The van der Waals surface area contributed by atoms with Crippen LogP contribution in [0.1, 0.15) is 20.8 Å². The van der Waals surface area contributed by atoms with Crippen LogP contribution in [0.25, 0.3) is 0 Å². The van der Waals surface area contributed by atoms with E-state index in [0.717, 1.165) is 20.6 Å². The molecule has 2 rings (SSSR count). The molecule has 0 aliphatic heterocycles. The number of methoxy groups -OCH3 is 1. The molecular formula is C15H15BrN2O2S2. The Hall–Kier alpha value is -1.44. The van der Waals surface area contributed by atoms with Crippen molar-refractivity contribution in [2.24, 2.45) is 0 Å². The lowest BCUT2D eigenvalue weighted by Gasteiger charge is -2.12. The number of halogens is 1. The van der Waals surface area contributed by atoms with Gasteiger partial charge in [0.15, 0.2) is 5.11 Å². The van der Waals surface area contributed by atoms with Crippen LogP contribution in [-0.2, 0) is 4.74 Å². The highest BCUT2D eigenvalue weighted by Gasteiger charge is 2.16. The van der Waals surface area contributed by atoms with E-state index < -0.39 is 0 Å². The summed E-state index contributed by atoms with van der Waals surface area (Å²) in [6, 6.07) is 7.71. The lowest BCUT2D eigenvalue weighted by molar-refractivity contribution is 0.0602. The predicted octanol–water partition coefficient (Wildman–Crippen LogP) is 4.72. The maximum Gasteiger partial charge on any atom is 0.340 e. The van der Waals surface area contributed by atoms with E-state index in [1.165, 1.54) is 18.4 Å². The number of thiophene rings is 1. The molecule has 0 aliphatic rings. The van der Waals surface area contributed by atoms with Crippen molar-refractivity contribution in [3.8, 4) is 0 Å². The van der Waals surface area contributed by atoms with Gasteiger partial charge in [0.2, 0.25) is 0 Å². The van der Waals surface area contributed by atoms with Crippen molar-refractivity contribution < 1.29 is 9.53 Å². The van der Waals surface area contributed by atoms with E-state index in [2.05, 4.69) is 26.6 Å². The van der Waals surface area contributed by atoms with Gasteiger partial charge in [-0.15, -0.1) is 11.3 Å². The number of carbonyl (C=O) groups is 1. The summed E-state index contributed by atoms with van der Waals surface area (Å²) in [6.45, 7) is 3.94. The van der Waals surface area contributed by atoms with E-state index in [9.17, 15) is 4.79 Å². The second kappa shape index (κ2) is 7.21. The first-order chi connectivity index (χ1) is 10.4. The molecule has 0 atom stereocenters. The standard InChI is InChI=1S/C15H15BrN2O2S2/c1-8-4-5-12(11(16)6-8)17-15(21)18-13-10(14(19)20-3)7-9(2)22-13/h4-7H,1-3H3,(H2,17,18,21). The van der Waals surface area contributed by atoms with Gasteiger partial charge in [0.1, 0.15) is 5.00 Å². The number of carbonyl (C=O) groups excluding carboxylic acids is 1. The molecule has 1 aromatic heterocycles. The molecule has 0 bridgehead atoms. The second-order valence-electron chi connectivity index (χ2n) is 4.65. The third-order valence-electron chi connectivity index (χ3n) is 2.86. The summed E-state index contributed by atoms with van der Waals surface area (Å²) in [5.74, 6) is -0.383. The number of nitrogens with one attached hydrogen (secondary N) is 2. The molecule has 0 spiro atoms. The molecule has 1 aromatic carbocycles. The van der Waals surface area contributed by atoms with E-state index in [1.54, 1.807) is 6.07 Å². The molecule has 0 saturated heterocycles. The Morgan fingerprint density at radius 2 is 2.00 bits per heavy atom. The Kier molecular flexibility index (Phi) is 5.55. The SMILES string of the molecule is COC(=O)c1cc(C)sc1NC(=S)Nc1ccc(C)cc1Br. The molecule has 7 heteroatoms. The number of aryl methyl sites for hydroxylation is 2. The van der Waals surface area contributed by atoms with Gasteiger partial charge in [-0.25, -0.2) is 4.79 Å². The molecular weight excluding hydrogens is 384 g/mol. The molecule has 0 radical (unpaired) electrons. The minimum Gasteiger partial charge on any atom is -0.465 e. The fourth-order valence-electron chi connectivity index (χ4n) is 1.85. The van der Waals surface area contributed by atoms with Crippen LogP contribution in [0.5, 0.6) is 0 Å². The topological polar surface area (TPSA) is 50.4 Å². The minimum absolute atomic E-state index is 0.383. The Morgan fingerprint density at radius 3 is 2.64 bits per heavy atom. The third kappa shape index (κ3) is 4.06. The zero-order valence-corrected chi connectivity index (χ0v) is 15.5. The zero-order valence-electron chi connectivity index (χ0n) is 12.3. The van der Waals surface area contributed by atoms with Crippen LogP contribution in [0, 0.1) is 13.8 Å². The molecule has 1 heterocycles. The summed E-state index contributed by atoms with van der Waals surface area (Å²) in [7, 11) is 1.36. The fourth-order valence-corrected chi connectivity index (χ4v) is 3.62. The number of rotatable bonds is 3. The second-order valence-corrected chi connectivity index (χ2v) is 7.17. The molecule has 116 valence electrons. The molecule has 22 heavy (non-hydrogen) atoms. The predicted molar refractivity (Wildman–Crippen MR) is 99.1 cm³/mol. The quantitative estimate of drug-likeness (QED) is 0.578. The highest BCUT2D eigenvalue weighted by molar-refractivity contribution is 9.10. The molecule has 0 fully saturated rings. The van der Waals surface area contributed by atoms with Crippen LogP contribution in [0.2, 0.25) is 0 Å². The van der Waals surface area contributed by atoms with E-state index in [1.807, 2.05) is 32.0 Å². The van der Waals surface area contributed by atoms with Crippen LogP contribution in [0.4, 0.5) is 10.7 Å². The van der Waals surface area contributed by atoms with Crippen LogP contribution < -0.4 is 10.6 Å². The Morgan fingerprint density at radius 1 is 1.27 bits per heavy atom. The van der Waals surface area contributed by atoms with E-state index in [-0.39, 0.29) is 5.97 Å². The maximum absolute atomic E-state index is 11.8. The van der Waals surface area contributed by atoms with E-state index >= 15 is 0 Å². The van der Waals surface area contributed by atoms with Crippen molar-refractivity contribution in [1.29, 1.82) is 0 Å². The number of esters is 1. The molecule has 2 N–H and O–H groups in total. The van der Waals surface area contributed by atoms with Crippen LogP contribution in [0.3, 0.4) is 0 Å². The summed E-state index contributed by atoms with van der Waals surface area (Å²) in [6.07, 6.45) is 0. The van der Waals surface area contributed by atoms with Gasteiger partial charge in [-0.3, -0.25) is 0 Å². The van der Waals surface area contributed by atoms with Gasteiger partial charge in [0.25, 0.3) is 0 Å². The van der Waals surface area contributed by atoms with Gasteiger partial charge in [-0.05, 0) is 65.8 Å². The average molecular weight is 399 g/mol. The molecule has 2 aromatic rings. The van der Waals surface area contributed by atoms with Crippen LogP contribution >= 0.6 is 39.5 Å². The zero-order chi connectivity index (χ0) is 16.3. The van der Waals surface area contributed by atoms with Crippen molar-refractivity contribution in [3.05, 3.63) is 44.7 Å². The first kappa shape index (κ1) is 16.9. The molecule has 0 amide bonds. The van der Waals surface area contributed by atoms with Crippen molar-refractivity contribution >= 4 is 61.3 Å². The Labute approximate surface area is 147 Å².